The van der Waals surface area contributed by atoms with Crippen molar-refractivity contribution in [2.45, 2.75) is 52.3 Å². The van der Waals surface area contributed by atoms with Crippen LogP contribution >= 0.6 is 0 Å². The van der Waals surface area contributed by atoms with Gasteiger partial charge in [0.1, 0.15) is 11.4 Å². The van der Waals surface area contributed by atoms with Crippen molar-refractivity contribution in [3.63, 3.8) is 0 Å². The van der Waals surface area contributed by atoms with Crippen LogP contribution in [0.25, 0.3) is 0 Å². The summed E-state index contributed by atoms with van der Waals surface area (Å²) in [5.74, 6) is 0.425. The van der Waals surface area contributed by atoms with Gasteiger partial charge in [0.05, 0.1) is 12.8 Å². The van der Waals surface area contributed by atoms with Gasteiger partial charge in [-0.3, -0.25) is 9.59 Å². The molecule has 0 saturated heterocycles. The highest BCUT2D eigenvalue weighted by atomic mass is 16.5. The van der Waals surface area contributed by atoms with Crippen LogP contribution in [-0.4, -0.2) is 28.2 Å². The van der Waals surface area contributed by atoms with Gasteiger partial charge in [0.2, 0.25) is 0 Å². The molecule has 0 atom stereocenters. The Hall–Kier alpha value is -2.04. The smallest absolute Gasteiger partial charge is 0.289 e. The first-order valence-electron chi connectivity index (χ1n) is 7.05. The summed E-state index contributed by atoms with van der Waals surface area (Å²) in [5.41, 5.74) is -0.649. The van der Waals surface area contributed by atoms with Crippen molar-refractivity contribution >= 4 is 11.7 Å². The maximum Gasteiger partial charge on any atom is 0.289 e. The minimum Gasteiger partial charge on any atom is -0.481 e. The molecule has 0 aliphatic carbocycles. The van der Waals surface area contributed by atoms with Crippen molar-refractivity contribution in [2.75, 3.05) is 0 Å². The third kappa shape index (κ3) is 3.74. The van der Waals surface area contributed by atoms with Gasteiger partial charge in [0.15, 0.2) is 11.5 Å². The molecular formula is C16H21NO4. The molecule has 0 unspecified atom stereocenters. The van der Waals surface area contributed by atoms with Crippen molar-refractivity contribution in [1.29, 1.82) is 0 Å². The van der Waals surface area contributed by atoms with Crippen molar-refractivity contribution in [3.8, 4) is 0 Å². The average molecular weight is 291 g/mol. The SMILES string of the molecule is CC(C)N(Cc1ccco1)C(=O)C1=CC(=O)CC(C)(C)O1. The van der Waals surface area contributed by atoms with Crippen LogP contribution in [0.2, 0.25) is 0 Å². The molecule has 114 valence electrons. The van der Waals surface area contributed by atoms with E-state index in [0.29, 0.717) is 12.3 Å². The van der Waals surface area contributed by atoms with E-state index in [9.17, 15) is 9.59 Å². The van der Waals surface area contributed by atoms with Crippen molar-refractivity contribution in [3.05, 3.63) is 36.0 Å². The van der Waals surface area contributed by atoms with Gasteiger partial charge in [0.25, 0.3) is 5.91 Å². The lowest BCUT2D eigenvalue weighted by Gasteiger charge is -2.33. The Bertz CT molecular complexity index is 555. The van der Waals surface area contributed by atoms with Crippen LogP contribution in [0.3, 0.4) is 0 Å². The van der Waals surface area contributed by atoms with Crippen LogP contribution < -0.4 is 0 Å². The molecule has 0 aromatic carbocycles. The van der Waals surface area contributed by atoms with Gasteiger partial charge in [-0.25, -0.2) is 0 Å². The normalized spacial score (nSPS) is 17.4. The fourth-order valence-corrected chi connectivity index (χ4v) is 2.29. The Balaban J connectivity index is 2.20. The molecular weight excluding hydrogens is 270 g/mol. The highest BCUT2D eigenvalue weighted by Gasteiger charge is 2.34. The van der Waals surface area contributed by atoms with E-state index in [1.807, 2.05) is 19.9 Å². The van der Waals surface area contributed by atoms with Crippen LogP contribution in [-0.2, 0) is 20.9 Å². The maximum absolute atomic E-state index is 12.6. The predicted octanol–water partition coefficient (Wildman–Crippen LogP) is 2.67. The van der Waals surface area contributed by atoms with E-state index in [-0.39, 0.29) is 29.9 Å². The molecule has 0 fully saturated rings. The molecule has 1 amide bonds. The van der Waals surface area contributed by atoms with E-state index in [0.717, 1.165) is 0 Å². The molecule has 5 heteroatoms. The molecule has 21 heavy (non-hydrogen) atoms. The number of hydrogen-bond donors (Lipinski definition) is 0. The summed E-state index contributed by atoms with van der Waals surface area (Å²) in [7, 11) is 0. The predicted molar refractivity (Wildman–Crippen MR) is 77.3 cm³/mol. The summed E-state index contributed by atoms with van der Waals surface area (Å²) in [5, 5.41) is 0. The maximum atomic E-state index is 12.6. The topological polar surface area (TPSA) is 59.8 Å². The Morgan fingerprint density at radius 1 is 1.43 bits per heavy atom. The van der Waals surface area contributed by atoms with Gasteiger partial charge in [-0.2, -0.15) is 0 Å². The van der Waals surface area contributed by atoms with Gasteiger partial charge in [-0.05, 0) is 39.8 Å². The first-order chi connectivity index (χ1) is 9.78. The zero-order valence-corrected chi connectivity index (χ0v) is 12.9. The molecule has 0 radical (unpaired) electrons. The van der Waals surface area contributed by atoms with Crippen molar-refractivity contribution < 1.29 is 18.7 Å². The number of amides is 1. The highest BCUT2D eigenvalue weighted by Crippen LogP contribution is 2.26. The number of rotatable bonds is 4. The zero-order valence-electron chi connectivity index (χ0n) is 12.9. The molecule has 0 spiro atoms. The lowest BCUT2D eigenvalue weighted by Crippen LogP contribution is -2.42. The van der Waals surface area contributed by atoms with Crippen molar-refractivity contribution in [1.82, 2.24) is 4.90 Å². The van der Waals surface area contributed by atoms with Gasteiger partial charge >= 0.3 is 0 Å². The molecule has 5 nitrogen and oxygen atoms in total. The number of furan rings is 1. The number of nitrogens with zero attached hydrogens (tertiary/aromatic N) is 1. The summed E-state index contributed by atoms with van der Waals surface area (Å²) in [6, 6.07) is 3.56. The second-order valence-corrected chi connectivity index (χ2v) is 6.12. The van der Waals surface area contributed by atoms with Gasteiger partial charge in [-0.15, -0.1) is 0 Å². The summed E-state index contributed by atoms with van der Waals surface area (Å²) >= 11 is 0. The largest absolute Gasteiger partial charge is 0.481 e. The Morgan fingerprint density at radius 2 is 2.14 bits per heavy atom. The van der Waals surface area contributed by atoms with Crippen LogP contribution in [0.4, 0.5) is 0 Å². The molecule has 2 heterocycles. The van der Waals surface area contributed by atoms with E-state index < -0.39 is 5.60 Å². The van der Waals surface area contributed by atoms with Gasteiger partial charge < -0.3 is 14.1 Å². The first-order valence-corrected chi connectivity index (χ1v) is 7.05. The minimum atomic E-state index is -0.649. The lowest BCUT2D eigenvalue weighted by atomic mass is 9.98. The molecule has 1 aromatic rings. The summed E-state index contributed by atoms with van der Waals surface area (Å²) in [4.78, 5) is 26.0. The van der Waals surface area contributed by atoms with Crippen LogP contribution in [0.1, 0.15) is 39.9 Å². The van der Waals surface area contributed by atoms with Gasteiger partial charge in [-0.1, -0.05) is 0 Å². The number of carbonyl (C=O) groups excluding carboxylic acids is 2. The molecule has 0 N–H and O–H groups in total. The fraction of sp³-hybridized carbons (Fsp3) is 0.500. The van der Waals surface area contributed by atoms with Crippen LogP contribution in [0.15, 0.2) is 34.6 Å². The van der Waals surface area contributed by atoms with Gasteiger partial charge in [0, 0.05) is 18.5 Å². The number of ketones is 1. The molecule has 0 bridgehead atoms. The van der Waals surface area contributed by atoms with E-state index >= 15 is 0 Å². The second-order valence-electron chi connectivity index (χ2n) is 6.12. The molecule has 2 rings (SSSR count). The molecule has 1 aromatic heterocycles. The zero-order chi connectivity index (χ0) is 15.6. The lowest BCUT2D eigenvalue weighted by molar-refractivity contribution is -0.140. The Labute approximate surface area is 124 Å². The van der Waals surface area contributed by atoms with E-state index in [2.05, 4.69) is 0 Å². The van der Waals surface area contributed by atoms with E-state index in [4.69, 9.17) is 9.15 Å². The first kappa shape index (κ1) is 15.4. The van der Waals surface area contributed by atoms with Crippen LogP contribution in [0, 0.1) is 0 Å². The van der Waals surface area contributed by atoms with Crippen molar-refractivity contribution in [2.24, 2.45) is 0 Å². The Morgan fingerprint density at radius 3 is 2.67 bits per heavy atom. The molecule has 1 aliphatic rings. The molecule has 0 saturated carbocycles. The third-order valence-electron chi connectivity index (χ3n) is 3.28. The number of hydrogen-bond acceptors (Lipinski definition) is 4. The summed E-state index contributed by atoms with van der Waals surface area (Å²) < 4.78 is 11.0. The van der Waals surface area contributed by atoms with E-state index in [1.165, 1.54) is 6.08 Å². The fourth-order valence-electron chi connectivity index (χ4n) is 2.29. The second kappa shape index (κ2) is 5.76. The summed E-state index contributed by atoms with van der Waals surface area (Å²) in [6.07, 6.45) is 3.15. The number of ether oxygens (including phenoxy) is 1. The monoisotopic (exact) mass is 291 g/mol. The highest BCUT2D eigenvalue weighted by molar-refractivity contribution is 6.01. The Kier molecular flexibility index (Phi) is 4.21. The standard InChI is InChI=1S/C16H21NO4/c1-11(2)17(10-13-6-5-7-20-13)15(19)14-8-12(18)9-16(3,4)21-14/h5-8,11H,9-10H2,1-4H3. The average Bonchev–Trinajstić information content (AvgIpc) is 2.85. The number of allylic oxidation sites excluding steroid dienone is 1. The summed E-state index contributed by atoms with van der Waals surface area (Å²) in [6.45, 7) is 7.78. The van der Waals surface area contributed by atoms with Crippen LogP contribution in [0.5, 0.6) is 0 Å². The number of carbonyl (C=O) groups is 2. The third-order valence-corrected chi connectivity index (χ3v) is 3.28. The quantitative estimate of drug-likeness (QED) is 0.855. The molecule has 1 aliphatic heterocycles. The minimum absolute atomic E-state index is 0.0350. The van der Waals surface area contributed by atoms with E-state index in [1.54, 1.807) is 31.1 Å².